The Morgan fingerprint density at radius 2 is 1.81 bits per heavy atom. The third-order valence-corrected chi connectivity index (χ3v) is 4.50. The lowest BCUT2D eigenvalue weighted by Crippen LogP contribution is -2.28. The van der Waals surface area contributed by atoms with E-state index in [-0.39, 0.29) is 30.3 Å². The molecule has 0 aromatic heterocycles. The molecule has 5 heteroatoms. The van der Waals surface area contributed by atoms with Gasteiger partial charge in [0.2, 0.25) is 11.8 Å². The van der Waals surface area contributed by atoms with E-state index in [2.05, 4.69) is 11.4 Å². The van der Waals surface area contributed by atoms with Crippen LogP contribution in [-0.2, 0) is 9.59 Å². The standard InChI is InChI=1S/C22H26N2O3/c1-14(2)27-20-8-6-5-7-19(20)24-13-17(12-21(24)25)22(26)23-18-10-15(3)9-16(4)11-18/h5-11,14,17H,12-13H2,1-4H3,(H,23,26). The van der Waals surface area contributed by atoms with E-state index in [9.17, 15) is 9.59 Å². The summed E-state index contributed by atoms with van der Waals surface area (Å²) in [6.45, 7) is 8.24. The zero-order valence-corrected chi connectivity index (χ0v) is 16.3. The minimum atomic E-state index is -0.384. The summed E-state index contributed by atoms with van der Waals surface area (Å²) in [5.41, 5.74) is 3.67. The normalized spacial score (nSPS) is 16.7. The first-order valence-electron chi connectivity index (χ1n) is 9.28. The van der Waals surface area contributed by atoms with Gasteiger partial charge in [-0.1, -0.05) is 18.2 Å². The maximum Gasteiger partial charge on any atom is 0.229 e. The summed E-state index contributed by atoms with van der Waals surface area (Å²) in [5.74, 6) is 0.0927. The number of benzene rings is 2. The number of hydrogen-bond acceptors (Lipinski definition) is 3. The van der Waals surface area contributed by atoms with Crippen LogP contribution in [0.4, 0.5) is 11.4 Å². The van der Waals surface area contributed by atoms with Crippen molar-refractivity contribution in [3.05, 3.63) is 53.6 Å². The number of aryl methyl sites for hydroxylation is 2. The monoisotopic (exact) mass is 366 g/mol. The van der Waals surface area contributed by atoms with Crippen LogP contribution in [0.25, 0.3) is 0 Å². The molecule has 3 rings (SSSR count). The summed E-state index contributed by atoms with van der Waals surface area (Å²) < 4.78 is 5.83. The first-order chi connectivity index (χ1) is 12.8. The zero-order valence-electron chi connectivity index (χ0n) is 16.3. The molecule has 0 aliphatic carbocycles. The molecule has 2 aromatic carbocycles. The van der Waals surface area contributed by atoms with Gasteiger partial charge < -0.3 is 15.0 Å². The van der Waals surface area contributed by atoms with Gasteiger partial charge in [-0.2, -0.15) is 0 Å². The molecule has 1 N–H and O–H groups in total. The van der Waals surface area contributed by atoms with Gasteiger partial charge in [-0.3, -0.25) is 9.59 Å². The van der Waals surface area contributed by atoms with Crippen molar-refractivity contribution in [1.82, 2.24) is 0 Å². The van der Waals surface area contributed by atoms with Gasteiger partial charge in [0, 0.05) is 18.7 Å². The molecule has 0 spiro atoms. The minimum Gasteiger partial charge on any atom is -0.489 e. The number of amides is 2. The Morgan fingerprint density at radius 1 is 1.15 bits per heavy atom. The van der Waals surface area contributed by atoms with Gasteiger partial charge >= 0.3 is 0 Å². The van der Waals surface area contributed by atoms with Gasteiger partial charge in [0.15, 0.2) is 0 Å². The predicted octanol–water partition coefficient (Wildman–Crippen LogP) is 4.08. The Morgan fingerprint density at radius 3 is 2.48 bits per heavy atom. The lowest BCUT2D eigenvalue weighted by molar-refractivity contribution is -0.122. The van der Waals surface area contributed by atoms with Crippen molar-refractivity contribution in [2.45, 2.75) is 40.2 Å². The average molecular weight is 366 g/mol. The molecule has 1 atom stereocenters. The Balaban J connectivity index is 1.75. The van der Waals surface area contributed by atoms with Gasteiger partial charge in [-0.25, -0.2) is 0 Å². The summed E-state index contributed by atoms with van der Waals surface area (Å²) in [4.78, 5) is 26.9. The quantitative estimate of drug-likeness (QED) is 0.867. The van der Waals surface area contributed by atoms with Crippen LogP contribution in [0.2, 0.25) is 0 Å². The Bertz CT molecular complexity index is 840. The lowest BCUT2D eigenvalue weighted by Gasteiger charge is -2.21. The van der Waals surface area contributed by atoms with Gasteiger partial charge in [0.05, 0.1) is 17.7 Å². The van der Waals surface area contributed by atoms with E-state index in [0.717, 1.165) is 22.5 Å². The zero-order chi connectivity index (χ0) is 19.6. The fourth-order valence-corrected chi connectivity index (χ4v) is 3.44. The minimum absolute atomic E-state index is 0.00695. The second-order valence-corrected chi connectivity index (χ2v) is 7.41. The smallest absolute Gasteiger partial charge is 0.229 e. The van der Waals surface area contributed by atoms with Gasteiger partial charge in [0.25, 0.3) is 0 Å². The SMILES string of the molecule is Cc1cc(C)cc(NC(=O)C2CC(=O)N(c3ccccc3OC(C)C)C2)c1. The highest BCUT2D eigenvalue weighted by molar-refractivity contribution is 6.04. The predicted molar refractivity (Wildman–Crippen MR) is 107 cm³/mol. The Kier molecular flexibility index (Phi) is 5.49. The summed E-state index contributed by atoms with van der Waals surface area (Å²) in [6.07, 6.45) is 0.208. The molecule has 0 saturated carbocycles. The van der Waals surface area contributed by atoms with Crippen LogP contribution in [0, 0.1) is 19.8 Å². The summed E-state index contributed by atoms with van der Waals surface area (Å²) >= 11 is 0. The number of rotatable bonds is 5. The van der Waals surface area contributed by atoms with Crippen LogP contribution < -0.4 is 15.0 Å². The van der Waals surface area contributed by atoms with Crippen LogP contribution in [0.1, 0.15) is 31.4 Å². The third-order valence-electron chi connectivity index (χ3n) is 4.50. The van der Waals surface area contributed by atoms with Crippen molar-refractivity contribution in [1.29, 1.82) is 0 Å². The van der Waals surface area contributed by atoms with Crippen molar-refractivity contribution in [2.24, 2.45) is 5.92 Å². The topological polar surface area (TPSA) is 58.6 Å². The molecule has 1 heterocycles. The van der Waals surface area contributed by atoms with Gasteiger partial charge in [-0.05, 0) is 63.1 Å². The number of anilines is 2. The molecule has 27 heavy (non-hydrogen) atoms. The Hall–Kier alpha value is -2.82. The van der Waals surface area contributed by atoms with E-state index >= 15 is 0 Å². The van der Waals surface area contributed by atoms with E-state index in [1.54, 1.807) is 4.90 Å². The third kappa shape index (κ3) is 4.48. The molecule has 2 aromatic rings. The second kappa shape index (κ2) is 7.82. The van der Waals surface area contributed by atoms with E-state index in [4.69, 9.17) is 4.74 Å². The summed E-state index contributed by atoms with van der Waals surface area (Å²) in [7, 11) is 0. The first-order valence-corrected chi connectivity index (χ1v) is 9.28. The number of carbonyl (C=O) groups is 2. The molecule has 0 radical (unpaired) electrons. The van der Waals surface area contributed by atoms with E-state index < -0.39 is 0 Å². The van der Waals surface area contributed by atoms with Crippen molar-refractivity contribution in [2.75, 3.05) is 16.8 Å². The molecule has 1 saturated heterocycles. The number of para-hydroxylation sites is 2. The van der Waals surface area contributed by atoms with Crippen molar-refractivity contribution < 1.29 is 14.3 Å². The van der Waals surface area contributed by atoms with Crippen molar-refractivity contribution in [3.63, 3.8) is 0 Å². The highest BCUT2D eigenvalue weighted by Gasteiger charge is 2.36. The van der Waals surface area contributed by atoms with Crippen molar-refractivity contribution in [3.8, 4) is 5.75 Å². The summed E-state index contributed by atoms with van der Waals surface area (Å²) in [6, 6.07) is 13.4. The number of nitrogens with zero attached hydrogens (tertiary/aromatic N) is 1. The Labute approximate surface area is 160 Å². The first kappa shape index (κ1) is 19.0. The van der Waals surface area contributed by atoms with Crippen molar-refractivity contribution >= 4 is 23.2 Å². The molecule has 0 bridgehead atoms. The van der Waals surface area contributed by atoms with E-state index in [1.807, 2.05) is 64.1 Å². The number of nitrogens with one attached hydrogen (secondary N) is 1. The molecule has 1 fully saturated rings. The summed E-state index contributed by atoms with van der Waals surface area (Å²) in [5, 5.41) is 2.96. The van der Waals surface area contributed by atoms with Crippen LogP contribution in [0.3, 0.4) is 0 Å². The maximum absolute atomic E-state index is 12.7. The lowest BCUT2D eigenvalue weighted by atomic mass is 10.1. The van der Waals surface area contributed by atoms with Crippen LogP contribution >= 0.6 is 0 Å². The molecule has 1 unspecified atom stereocenters. The highest BCUT2D eigenvalue weighted by Crippen LogP contribution is 2.34. The van der Waals surface area contributed by atoms with Crippen LogP contribution in [-0.4, -0.2) is 24.5 Å². The molecule has 142 valence electrons. The number of ether oxygens (including phenoxy) is 1. The fourth-order valence-electron chi connectivity index (χ4n) is 3.44. The largest absolute Gasteiger partial charge is 0.489 e. The van der Waals surface area contributed by atoms with E-state index in [1.165, 1.54) is 0 Å². The molecule has 1 aliphatic rings. The van der Waals surface area contributed by atoms with E-state index in [0.29, 0.717) is 12.3 Å². The number of hydrogen-bond donors (Lipinski definition) is 1. The van der Waals surface area contributed by atoms with Crippen LogP contribution in [0.15, 0.2) is 42.5 Å². The fraction of sp³-hybridized carbons (Fsp3) is 0.364. The molecule has 2 amide bonds. The maximum atomic E-state index is 12.7. The van der Waals surface area contributed by atoms with Crippen LogP contribution in [0.5, 0.6) is 5.75 Å². The molecular formula is C22H26N2O3. The number of carbonyl (C=O) groups excluding carboxylic acids is 2. The average Bonchev–Trinajstić information content (AvgIpc) is 2.96. The second-order valence-electron chi connectivity index (χ2n) is 7.41. The molecular weight excluding hydrogens is 340 g/mol. The molecule has 1 aliphatic heterocycles. The molecule has 5 nitrogen and oxygen atoms in total. The highest BCUT2D eigenvalue weighted by atomic mass is 16.5. The van der Waals surface area contributed by atoms with Gasteiger partial charge in [0.1, 0.15) is 5.75 Å². The van der Waals surface area contributed by atoms with Gasteiger partial charge in [-0.15, -0.1) is 0 Å².